The highest BCUT2D eigenvalue weighted by molar-refractivity contribution is 5.75. The third-order valence-electron chi connectivity index (χ3n) is 2.07. The fraction of sp³-hybridized carbons (Fsp3) is 0.300. The summed E-state index contributed by atoms with van der Waals surface area (Å²) >= 11 is 0. The van der Waals surface area contributed by atoms with E-state index < -0.39 is 0 Å². The minimum atomic E-state index is 0.208. The summed E-state index contributed by atoms with van der Waals surface area (Å²) in [4.78, 5) is 4.24. The Morgan fingerprint density at radius 1 is 1.36 bits per heavy atom. The number of hydrogen-bond donors (Lipinski definition) is 2. The SMILES string of the molecule is OCCCNn1cnc2ccccc21. The normalized spacial score (nSPS) is 10.6. The van der Waals surface area contributed by atoms with Crippen molar-refractivity contribution in [3.8, 4) is 0 Å². The molecule has 0 amide bonds. The molecule has 0 aliphatic rings. The maximum atomic E-state index is 8.64. The number of aromatic nitrogens is 2. The zero-order valence-corrected chi connectivity index (χ0v) is 7.85. The van der Waals surface area contributed by atoms with Gasteiger partial charge in [-0.25, -0.2) is 9.66 Å². The van der Waals surface area contributed by atoms with E-state index in [1.165, 1.54) is 0 Å². The molecule has 4 heteroatoms. The van der Waals surface area contributed by atoms with Gasteiger partial charge in [0.25, 0.3) is 0 Å². The predicted molar refractivity (Wildman–Crippen MR) is 55.7 cm³/mol. The van der Waals surface area contributed by atoms with Gasteiger partial charge in [-0.1, -0.05) is 12.1 Å². The van der Waals surface area contributed by atoms with Gasteiger partial charge in [0, 0.05) is 13.2 Å². The van der Waals surface area contributed by atoms with Crippen LogP contribution >= 0.6 is 0 Å². The molecule has 1 heterocycles. The molecule has 2 aromatic rings. The van der Waals surface area contributed by atoms with Gasteiger partial charge in [-0.15, -0.1) is 0 Å². The third kappa shape index (κ3) is 1.70. The Bertz CT molecular complexity index is 410. The first kappa shape index (κ1) is 9.02. The zero-order chi connectivity index (χ0) is 9.80. The van der Waals surface area contributed by atoms with Gasteiger partial charge in [0.05, 0.1) is 11.0 Å². The first-order valence-corrected chi connectivity index (χ1v) is 4.68. The Kier molecular flexibility index (Phi) is 2.65. The first-order valence-electron chi connectivity index (χ1n) is 4.68. The number of hydrogen-bond acceptors (Lipinski definition) is 3. The average Bonchev–Trinajstić information content (AvgIpc) is 2.63. The second kappa shape index (κ2) is 4.11. The van der Waals surface area contributed by atoms with Gasteiger partial charge < -0.3 is 10.5 Å². The highest BCUT2D eigenvalue weighted by Crippen LogP contribution is 2.09. The van der Waals surface area contributed by atoms with Crippen molar-refractivity contribution in [2.45, 2.75) is 6.42 Å². The van der Waals surface area contributed by atoms with Gasteiger partial charge in [-0.3, -0.25) is 0 Å². The maximum absolute atomic E-state index is 8.64. The molecule has 4 nitrogen and oxygen atoms in total. The minimum absolute atomic E-state index is 0.208. The van der Waals surface area contributed by atoms with Crippen molar-refractivity contribution in [3.63, 3.8) is 0 Å². The molecular weight excluding hydrogens is 178 g/mol. The van der Waals surface area contributed by atoms with Crippen LogP contribution in [0.15, 0.2) is 30.6 Å². The number of nitrogens with one attached hydrogen (secondary N) is 1. The van der Waals surface area contributed by atoms with E-state index in [4.69, 9.17) is 5.11 Å². The van der Waals surface area contributed by atoms with E-state index in [-0.39, 0.29) is 6.61 Å². The molecular formula is C10H13N3O. The number of benzene rings is 1. The Balaban J connectivity index is 2.17. The molecule has 0 spiro atoms. The Hall–Kier alpha value is -1.55. The van der Waals surface area contributed by atoms with Gasteiger partial charge in [0.2, 0.25) is 0 Å². The molecule has 74 valence electrons. The smallest absolute Gasteiger partial charge is 0.115 e. The van der Waals surface area contributed by atoms with E-state index in [1.54, 1.807) is 6.33 Å². The van der Waals surface area contributed by atoms with E-state index in [0.717, 1.165) is 24.0 Å². The molecule has 0 saturated heterocycles. The van der Waals surface area contributed by atoms with Crippen molar-refractivity contribution in [2.75, 3.05) is 18.6 Å². The van der Waals surface area contributed by atoms with Crippen molar-refractivity contribution in [2.24, 2.45) is 0 Å². The molecule has 0 aliphatic carbocycles. The summed E-state index contributed by atoms with van der Waals surface area (Å²) < 4.78 is 1.88. The average molecular weight is 191 g/mol. The molecule has 0 radical (unpaired) electrons. The molecule has 14 heavy (non-hydrogen) atoms. The summed E-state index contributed by atoms with van der Waals surface area (Å²) in [6.45, 7) is 0.955. The number of imidazole rings is 1. The second-order valence-corrected chi connectivity index (χ2v) is 3.09. The molecule has 0 bridgehead atoms. The quantitative estimate of drug-likeness (QED) is 0.708. The lowest BCUT2D eigenvalue weighted by atomic mass is 10.3. The molecule has 2 N–H and O–H groups in total. The van der Waals surface area contributed by atoms with Crippen molar-refractivity contribution in [1.29, 1.82) is 0 Å². The summed E-state index contributed by atoms with van der Waals surface area (Å²) in [5, 5.41) is 8.64. The van der Waals surface area contributed by atoms with Crippen LogP contribution in [-0.4, -0.2) is 27.9 Å². The molecule has 0 saturated carbocycles. The van der Waals surface area contributed by atoms with Gasteiger partial charge >= 0.3 is 0 Å². The molecule has 0 unspecified atom stereocenters. The molecule has 1 aromatic carbocycles. The highest BCUT2D eigenvalue weighted by Gasteiger charge is 1.98. The summed E-state index contributed by atoms with van der Waals surface area (Å²) in [5.74, 6) is 0. The number of para-hydroxylation sites is 2. The van der Waals surface area contributed by atoms with E-state index in [0.29, 0.717) is 0 Å². The van der Waals surface area contributed by atoms with E-state index in [1.807, 2.05) is 28.9 Å². The van der Waals surface area contributed by atoms with Gasteiger partial charge in [-0.05, 0) is 18.6 Å². The van der Waals surface area contributed by atoms with Crippen LogP contribution in [0.5, 0.6) is 0 Å². The summed E-state index contributed by atoms with van der Waals surface area (Å²) in [6.07, 6.45) is 2.49. The van der Waals surface area contributed by atoms with Crippen LogP contribution in [0, 0.1) is 0 Å². The number of fused-ring (bicyclic) bond motifs is 1. The van der Waals surface area contributed by atoms with Crippen molar-refractivity contribution >= 4 is 11.0 Å². The summed E-state index contributed by atoms with van der Waals surface area (Å²) in [5.41, 5.74) is 5.20. The number of rotatable bonds is 4. The van der Waals surface area contributed by atoms with Crippen molar-refractivity contribution in [3.05, 3.63) is 30.6 Å². The molecule has 0 fully saturated rings. The topological polar surface area (TPSA) is 50.1 Å². The van der Waals surface area contributed by atoms with Crippen molar-refractivity contribution < 1.29 is 5.11 Å². The van der Waals surface area contributed by atoms with Crippen LogP contribution < -0.4 is 5.43 Å². The molecule has 1 aromatic heterocycles. The van der Waals surface area contributed by atoms with Crippen LogP contribution in [0.2, 0.25) is 0 Å². The largest absolute Gasteiger partial charge is 0.396 e. The standard InChI is InChI=1S/C10H13N3O/c14-7-3-6-12-13-8-11-9-4-1-2-5-10(9)13/h1-2,4-5,8,12,14H,3,6-7H2. The van der Waals surface area contributed by atoms with Crippen molar-refractivity contribution in [1.82, 2.24) is 9.66 Å². The number of aliphatic hydroxyl groups excluding tert-OH is 1. The lowest BCUT2D eigenvalue weighted by Crippen LogP contribution is -2.15. The molecule has 0 atom stereocenters. The number of aliphatic hydroxyl groups is 1. The van der Waals surface area contributed by atoms with Crippen LogP contribution in [0.4, 0.5) is 0 Å². The van der Waals surface area contributed by atoms with Crippen LogP contribution in [0.3, 0.4) is 0 Å². The minimum Gasteiger partial charge on any atom is -0.396 e. The van der Waals surface area contributed by atoms with Gasteiger partial charge in [-0.2, -0.15) is 0 Å². The Morgan fingerprint density at radius 3 is 3.07 bits per heavy atom. The monoisotopic (exact) mass is 191 g/mol. The maximum Gasteiger partial charge on any atom is 0.115 e. The van der Waals surface area contributed by atoms with Gasteiger partial charge in [0.1, 0.15) is 6.33 Å². The fourth-order valence-electron chi connectivity index (χ4n) is 1.36. The summed E-state index contributed by atoms with van der Waals surface area (Å²) in [6, 6.07) is 7.93. The third-order valence-corrected chi connectivity index (χ3v) is 2.07. The van der Waals surface area contributed by atoms with E-state index >= 15 is 0 Å². The molecule has 0 aliphatic heterocycles. The predicted octanol–water partition coefficient (Wildman–Crippen LogP) is 0.962. The van der Waals surface area contributed by atoms with Crippen LogP contribution in [0.25, 0.3) is 11.0 Å². The zero-order valence-electron chi connectivity index (χ0n) is 7.85. The number of nitrogens with zero attached hydrogens (tertiary/aromatic N) is 2. The highest BCUT2D eigenvalue weighted by atomic mass is 16.3. The van der Waals surface area contributed by atoms with Crippen LogP contribution in [-0.2, 0) is 0 Å². The second-order valence-electron chi connectivity index (χ2n) is 3.09. The van der Waals surface area contributed by atoms with E-state index in [2.05, 4.69) is 10.4 Å². The van der Waals surface area contributed by atoms with Gasteiger partial charge in [0.15, 0.2) is 0 Å². The van der Waals surface area contributed by atoms with Crippen LogP contribution in [0.1, 0.15) is 6.42 Å². The first-order chi connectivity index (χ1) is 6.92. The lowest BCUT2D eigenvalue weighted by molar-refractivity contribution is 0.291. The summed E-state index contributed by atoms with van der Waals surface area (Å²) in [7, 11) is 0. The van der Waals surface area contributed by atoms with E-state index in [9.17, 15) is 0 Å². The Morgan fingerprint density at radius 2 is 2.21 bits per heavy atom. The fourth-order valence-corrected chi connectivity index (χ4v) is 1.36. The molecule has 2 rings (SSSR count). The Labute approximate surface area is 82.2 Å². The lowest BCUT2D eigenvalue weighted by Gasteiger charge is -2.06.